The van der Waals surface area contributed by atoms with E-state index in [1.165, 1.54) is 10.1 Å². The molecule has 0 spiro atoms. The minimum Gasteiger partial charge on any atom is -0.333 e. The van der Waals surface area contributed by atoms with Crippen molar-refractivity contribution in [2.24, 2.45) is 12.8 Å². The van der Waals surface area contributed by atoms with Crippen molar-refractivity contribution in [1.82, 2.24) is 14.2 Å². The maximum Gasteiger partial charge on any atom is 0.274 e. The van der Waals surface area contributed by atoms with Crippen LogP contribution < -0.4 is 11.3 Å². The summed E-state index contributed by atoms with van der Waals surface area (Å²) in [5.41, 5.74) is 10.2. The molecule has 0 saturated heterocycles. The molecule has 2 heterocycles. The molecule has 108 valence electrons. The summed E-state index contributed by atoms with van der Waals surface area (Å²) >= 11 is 0. The van der Waals surface area contributed by atoms with Gasteiger partial charge >= 0.3 is 0 Å². The molecule has 0 atom stereocenters. The molecule has 0 unspecified atom stereocenters. The fourth-order valence-electron chi connectivity index (χ4n) is 2.55. The molecule has 0 bridgehead atoms. The summed E-state index contributed by atoms with van der Waals surface area (Å²) in [6, 6.07) is 11.6. The Balaban J connectivity index is 2.22. The van der Waals surface area contributed by atoms with E-state index >= 15 is 0 Å². The second kappa shape index (κ2) is 5.18. The summed E-state index contributed by atoms with van der Waals surface area (Å²) < 4.78 is 3.41. The highest BCUT2D eigenvalue weighted by Crippen LogP contribution is 2.20. The van der Waals surface area contributed by atoms with Gasteiger partial charge in [0.15, 0.2) is 0 Å². The summed E-state index contributed by atoms with van der Waals surface area (Å²) in [5.74, 6) is 0. The Morgan fingerprint density at radius 3 is 2.76 bits per heavy atom. The fourth-order valence-corrected chi connectivity index (χ4v) is 2.55. The number of nitrogens with two attached hydrogens (primary N) is 1. The van der Waals surface area contributed by atoms with Crippen LogP contribution in [0.2, 0.25) is 0 Å². The molecule has 5 nitrogen and oxygen atoms in total. The quantitative estimate of drug-likeness (QED) is 0.792. The zero-order valence-electron chi connectivity index (χ0n) is 12.2. The van der Waals surface area contributed by atoms with Gasteiger partial charge in [-0.15, -0.1) is 0 Å². The molecule has 3 rings (SSSR count). The van der Waals surface area contributed by atoms with Gasteiger partial charge in [0.2, 0.25) is 0 Å². The summed E-state index contributed by atoms with van der Waals surface area (Å²) in [6.07, 6.45) is 0.674. The van der Waals surface area contributed by atoms with Crippen LogP contribution in [-0.2, 0) is 13.5 Å². The van der Waals surface area contributed by atoms with Gasteiger partial charge in [0.25, 0.3) is 5.56 Å². The number of aromatic nitrogens is 3. The molecule has 5 heteroatoms. The topological polar surface area (TPSA) is 65.3 Å². The van der Waals surface area contributed by atoms with Crippen molar-refractivity contribution < 1.29 is 0 Å². The minimum atomic E-state index is -0.120. The lowest BCUT2D eigenvalue weighted by atomic mass is 10.1. The molecular weight excluding hydrogens is 264 g/mol. The first kappa shape index (κ1) is 13.6. The van der Waals surface area contributed by atoms with Crippen LogP contribution in [0.4, 0.5) is 0 Å². The Bertz CT molecular complexity index is 860. The predicted octanol–water partition coefficient (Wildman–Crippen LogP) is 1.51. The zero-order valence-corrected chi connectivity index (χ0v) is 12.2. The van der Waals surface area contributed by atoms with E-state index in [2.05, 4.69) is 11.2 Å². The molecule has 0 aliphatic heterocycles. The second-order valence-corrected chi connectivity index (χ2v) is 5.24. The molecule has 0 saturated carbocycles. The fraction of sp³-hybridized carbons (Fsp3) is 0.250. The molecule has 3 aromatic rings. The first-order valence-corrected chi connectivity index (χ1v) is 6.96. The molecule has 0 aliphatic rings. The van der Waals surface area contributed by atoms with Crippen LogP contribution in [0.25, 0.3) is 16.9 Å². The van der Waals surface area contributed by atoms with Gasteiger partial charge in [-0.3, -0.25) is 4.79 Å². The Morgan fingerprint density at radius 2 is 2.05 bits per heavy atom. The average Bonchev–Trinajstić information content (AvgIpc) is 2.91. The van der Waals surface area contributed by atoms with E-state index in [0.717, 1.165) is 22.6 Å². The van der Waals surface area contributed by atoms with E-state index in [-0.39, 0.29) is 5.56 Å². The monoisotopic (exact) mass is 282 g/mol. The van der Waals surface area contributed by atoms with E-state index in [0.29, 0.717) is 13.0 Å². The Morgan fingerprint density at radius 1 is 1.24 bits per heavy atom. The highest BCUT2D eigenvalue weighted by molar-refractivity contribution is 5.65. The Kier molecular flexibility index (Phi) is 3.35. The maximum absolute atomic E-state index is 12.2. The highest BCUT2D eigenvalue weighted by Gasteiger charge is 2.11. The standard InChI is InChI=1S/C16H18N4O/c1-11-4-3-5-12(8-11)14-10-15-19(2)13(6-7-17)9-16(21)20(15)18-14/h3-5,8-10H,6-7,17H2,1-2H3. The van der Waals surface area contributed by atoms with Crippen LogP contribution in [0, 0.1) is 6.92 Å². The first-order valence-electron chi connectivity index (χ1n) is 6.96. The summed E-state index contributed by atoms with van der Waals surface area (Å²) in [5, 5.41) is 4.44. The number of nitrogens with zero attached hydrogens (tertiary/aromatic N) is 3. The van der Waals surface area contributed by atoms with E-state index in [1.807, 2.05) is 42.8 Å². The Labute approximate surface area is 122 Å². The Hall–Kier alpha value is -2.40. The van der Waals surface area contributed by atoms with Crippen LogP contribution >= 0.6 is 0 Å². The van der Waals surface area contributed by atoms with E-state index in [4.69, 9.17) is 5.73 Å². The van der Waals surface area contributed by atoms with Gasteiger partial charge in [-0.05, 0) is 19.5 Å². The van der Waals surface area contributed by atoms with Gasteiger partial charge < -0.3 is 10.3 Å². The normalized spacial score (nSPS) is 11.2. The largest absolute Gasteiger partial charge is 0.333 e. The lowest BCUT2D eigenvalue weighted by Gasteiger charge is -2.08. The molecule has 2 N–H and O–H groups in total. The maximum atomic E-state index is 12.2. The minimum absolute atomic E-state index is 0.120. The van der Waals surface area contributed by atoms with Crippen molar-refractivity contribution in [2.75, 3.05) is 6.54 Å². The number of rotatable bonds is 3. The third-order valence-corrected chi connectivity index (χ3v) is 3.68. The van der Waals surface area contributed by atoms with E-state index in [9.17, 15) is 4.79 Å². The number of benzene rings is 1. The van der Waals surface area contributed by atoms with Crippen molar-refractivity contribution >= 4 is 5.65 Å². The molecule has 2 aromatic heterocycles. The molecule has 0 amide bonds. The van der Waals surface area contributed by atoms with Crippen molar-refractivity contribution in [1.29, 1.82) is 0 Å². The molecule has 0 aliphatic carbocycles. The van der Waals surface area contributed by atoms with Gasteiger partial charge in [-0.1, -0.05) is 23.8 Å². The van der Waals surface area contributed by atoms with E-state index < -0.39 is 0 Å². The van der Waals surface area contributed by atoms with Crippen LogP contribution in [-0.4, -0.2) is 20.7 Å². The van der Waals surface area contributed by atoms with Crippen LogP contribution in [0.1, 0.15) is 11.3 Å². The molecule has 21 heavy (non-hydrogen) atoms. The summed E-state index contributed by atoms with van der Waals surface area (Å²) in [6.45, 7) is 2.56. The van der Waals surface area contributed by atoms with Crippen molar-refractivity contribution in [3.05, 3.63) is 58.0 Å². The third kappa shape index (κ3) is 2.36. The van der Waals surface area contributed by atoms with E-state index in [1.54, 1.807) is 6.07 Å². The van der Waals surface area contributed by atoms with Crippen LogP contribution in [0.15, 0.2) is 41.2 Å². The number of aryl methyl sites for hydroxylation is 2. The third-order valence-electron chi connectivity index (χ3n) is 3.68. The summed E-state index contributed by atoms with van der Waals surface area (Å²) in [7, 11) is 1.93. The van der Waals surface area contributed by atoms with Crippen LogP contribution in [0.3, 0.4) is 0 Å². The molecule has 1 aromatic carbocycles. The van der Waals surface area contributed by atoms with Gasteiger partial charge in [0.05, 0.1) is 5.69 Å². The first-order chi connectivity index (χ1) is 10.1. The van der Waals surface area contributed by atoms with Crippen molar-refractivity contribution in [3.63, 3.8) is 0 Å². The number of hydrogen-bond acceptors (Lipinski definition) is 3. The molecule has 0 radical (unpaired) electrons. The zero-order chi connectivity index (χ0) is 15.0. The molecular formula is C16H18N4O. The lowest BCUT2D eigenvalue weighted by Crippen LogP contribution is -2.21. The number of hydrogen-bond donors (Lipinski definition) is 1. The number of fused-ring (bicyclic) bond motifs is 1. The van der Waals surface area contributed by atoms with Gasteiger partial charge in [0, 0.05) is 36.9 Å². The van der Waals surface area contributed by atoms with Gasteiger partial charge in [0.1, 0.15) is 5.65 Å². The van der Waals surface area contributed by atoms with Gasteiger partial charge in [-0.25, -0.2) is 0 Å². The highest BCUT2D eigenvalue weighted by atomic mass is 16.1. The van der Waals surface area contributed by atoms with Crippen molar-refractivity contribution in [2.45, 2.75) is 13.3 Å². The second-order valence-electron chi connectivity index (χ2n) is 5.24. The average molecular weight is 282 g/mol. The lowest BCUT2D eigenvalue weighted by molar-refractivity contribution is 0.757. The van der Waals surface area contributed by atoms with Crippen LogP contribution in [0.5, 0.6) is 0 Å². The van der Waals surface area contributed by atoms with Crippen molar-refractivity contribution in [3.8, 4) is 11.3 Å². The smallest absolute Gasteiger partial charge is 0.274 e. The SMILES string of the molecule is Cc1cccc(-c2cc3n(C)c(CCN)cc(=O)n3n2)c1. The molecule has 0 fully saturated rings. The predicted molar refractivity (Wildman–Crippen MR) is 83.4 cm³/mol. The summed E-state index contributed by atoms with van der Waals surface area (Å²) in [4.78, 5) is 12.2. The van der Waals surface area contributed by atoms with Gasteiger partial charge in [-0.2, -0.15) is 9.61 Å².